The largest absolute Gasteiger partial charge is 0.347 e. The summed E-state index contributed by atoms with van der Waals surface area (Å²) in [7, 11) is 0. The van der Waals surface area contributed by atoms with Crippen molar-refractivity contribution in [1.82, 2.24) is 20.3 Å². The summed E-state index contributed by atoms with van der Waals surface area (Å²) in [5.74, 6) is 0.200. The maximum atomic E-state index is 11.6. The van der Waals surface area contributed by atoms with Crippen LogP contribution < -0.4 is 5.32 Å². The van der Waals surface area contributed by atoms with Gasteiger partial charge in [-0.15, -0.1) is 0 Å². The fourth-order valence-electron chi connectivity index (χ4n) is 1.43. The van der Waals surface area contributed by atoms with Gasteiger partial charge in [-0.25, -0.2) is 9.97 Å². The van der Waals surface area contributed by atoms with Crippen molar-refractivity contribution in [1.29, 1.82) is 0 Å². The lowest BCUT2D eigenvalue weighted by atomic mass is 10.4. The predicted octanol–water partition coefficient (Wildman–Crippen LogP) is 0.850. The highest BCUT2D eigenvalue weighted by Gasteiger charge is 2.25. The molecule has 0 aromatic carbocycles. The van der Waals surface area contributed by atoms with E-state index in [1.807, 2.05) is 6.07 Å². The van der Waals surface area contributed by atoms with Gasteiger partial charge in [0.1, 0.15) is 5.52 Å². The number of hydrogen-bond donors (Lipinski definition) is 2. The molecule has 76 valence electrons. The Bertz CT molecular complexity index is 482. The van der Waals surface area contributed by atoms with Crippen LogP contribution in [0.1, 0.15) is 23.5 Å². The molecule has 1 aliphatic rings. The molecule has 1 amide bonds. The molecule has 1 aliphatic carbocycles. The number of aromatic nitrogens is 3. The van der Waals surface area contributed by atoms with E-state index in [0.717, 1.165) is 18.4 Å². The van der Waals surface area contributed by atoms with Crippen molar-refractivity contribution >= 4 is 17.1 Å². The van der Waals surface area contributed by atoms with Crippen LogP contribution in [0, 0.1) is 0 Å². The molecule has 0 atom stereocenters. The van der Waals surface area contributed by atoms with E-state index in [1.165, 1.54) is 0 Å². The fourth-order valence-corrected chi connectivity index (χ4v) is 1.43. The summed E-state index contributed by atoms with van der Waals surface area (Å²) in [5.41, 5.74) is 1.37. The third-order valence-corrected chi connectivity index (χ3v) is 2.38. The van der Waals surface area contributed by atoms with Crippen LogP contribution in [0.5, 0.6) is 0 Å². The molecule has 0 aliphatic heterocycles. The number of H-pyrrole nitrogens is 1. The van der Waals surface area contributed by atoms with Gasteiger partial charge in [-0.05, 0) is 25.0 Å². The number of carbonyl (C=O) groups excluding carboxylic acids is 1. The van der Waals surface area contributed by atoms with E-state index in [9.17, 15) is 4.79 Å². The monoisotopic (exact) mass is 202 g/mol. The smallest absolute Gasteiger partial charge is 0.287 e. The molecule has 3 rings (SSSR count). The van der Waals surface area contributed by atoms with Crippen LogP contribution in [-0.2, 0) is 0 Å². The zero-order chi connectivity index (χ0) is 10.3. The molecule has 1 fully saturated rings. The summed E-state index contributed by atoms with van der Waals surface area (Å²) in [6, 6.07) is 3.97. The van der Waals surface area contributed by atoms with Crippen LogP contribution in [-0.4, -0.2) is 26.9 Å². The standard InChI is InChI=1S/C10H10N4O/c15-10(12-6-3-4-6)9-13-7-2-1-5-11-8(7)14-9/h1-2,5-6H,3-4H2,(H,12,15)(H,11,13,14). The molecular weight excluding hydrogens is 192 g/mol. The topological polar surface area (TPSA) is 70.7 Å². The summed E-state index contributed by atoms with van der Waals surface area (Å²) in [6.07, 6.45) is 3.82. The van der Waals surface area contributed by atoms with Crippen molar-refractivity contribution in [3.8, 4) is 0 Å². The van der Waals surface area contributed by atoms with Gasteiger partial charge in [0.2, 0.25) is 0 Å². The number of fused-ring (bicyclic) bond motifs is 1. The van der Waals surface area contributed by atoms with Gasteiger partial charge >= 0.3 is 0 Å². The van der Waals surface area contributed by atoms with Crippen molar-refractivity contribution in [2.24, 2.45) is 0 Å². The number of aromatic amines is 1. The summed E-state index contributed by atoms with van der Waals surface area (Å²) in [6.45, 7) is 0. The summed E-state index contributed by atoms with van der Waals surface area (Å²) in [4.78, 5) is 22.8. The van der Waals surface area contributed by atoms with Crippen molar-refractivity contribution in [2.75, 3.05) is 0 Å². The molecule has 0 bridgehead atoms. The maximum Gasteiger partial charge on any atom is 0.287 e. The Morgan fingerprint density at radius 2 is 2.40 bits per heavy atom. The molecular formula is C10H10N4O. The maximum absolute atomic E-state index is 11.6. The number of nitrogens with zero attached hydrogens (tertiary/aromatic N) is 2. The second-order valence-corrected chi connectivity index (χ2v) is 3.70. The van der Waals surface area contributed by atoms with Crippen LogP contribution in [0.2, 0.25) is 0 Å². The molecule has 5 nitrogen and oxygen atoms in total. The second-order valence-electron chi connectivity index (χ2n) is 3.70. The molecule has 0 unspecified atom stereocenters. The van der Waals surface area contributed by atoms with Gasteiger partial charge in [-0.3, -0.25) is 4.79 Å². The highest BCUT2D eigenvalue weighted by atomic mass is 16.2. The van der Waals surface area contributed by atoms with Gasteiger partial charge in [0.25, 0.3) is 5.91 Å². The molecule has 2 aromatic heterocycles. The minimum absolute atomic E-state index is 0.143. The van der Waals surface area contributed by atoms with Crippen molar-refractivity contribution in [3.63, 3.8) is 0 Å². The Morgan fingerprint density at radius 3 is 3.13 bits per heavy atom. The molecule has 5 heteroatoms. The number of imidazole rings is 1. The van der Waals surface area contributed by atoms with Crippen molar-refractivity contribution in [2.45, 2.75) is 18.9 Å². The first-order chi connectivity index (χ1) is 7.33. The van der Waals surface area contributed by atoms with E-state index in [2.05, 4.69) is 20.3 Å². The zero-order valence-corrected chi connectivity index (χ0v) is 8.03. The SMILES string of the molecule is O=C(NC1CC1)c1nc2cccnc2[nH]1. The number of amides is 1. The van der Waals surface area contributed by atoms with Crippen molar-refractivity contribution < 1.29 is 4.79 Å². The normalized spacial score (nSPS) is 15.5. The van der Waals surface area contributed by atoms with Gasteiger partial charge < -0.3 is 10.3 Å². The molecule has 0 radical (unpaired) electrons. The molecule has 0 saturated heterocycles. The van der Waals surface area contributed by atoms with E-state index >= 15 is 0 Å². The quantitative estimate of drug-likeness (QED) is 0.758. The van der Waals surface area contributed by atoms with E-state index in [-0.39, 0.29) is 5.91 Å². The van der Waals surface area contributed by atoms with Crippen molar-refractivity contribution in [3.05, 3.63) is 24.2 Å². The van der Waals surface area contributed by atoms with Crippen LogP contribution in [0.4, 0.5) is 0 Å². The Kier molecular flexibility index (Phi) is 1.71. The van der Waals surface area contributed by atoms with E-state index in [1.54, 1.807) is 12.3 Å². The zero-order valence-electron chi connectivity index (χ0n) is 8.03. The number of carbonyl (C=O) groups is 1. The van der Waals surface area contributed by atoms with Crippen LogP contribution in [0.15, 0.2) is 18.3 Å². The average Bonchev–Trinajstić information content (AvgIpc) is 2.95. The molecule has 2 aromatic rings. The lowest BCUT2D eigenvalue weighted by molar-refractivity contribution is 0.0942. The molecule has 1 saturated carbocycles. The average molecular weight is 202 g/mol. The highest BCUT2D eigenvalue weighted by Crippen LogP contribution is 2.19. The Balaban J connectivity index is 1.92. The lowest BCUT2D eigenvalue weighted by Gasteiger charge is -1.97. The number of hydrogen-bond acceptors (Lipinski definition) is 3. The summed E-state index contributed by atoms with van der Waals surface area (Å²) < 4.78 is 0. The molecule has 0 spiro atoms. The van der Waals surface area contributed by atoms with Gasteiger partial charge in [-0.1, -0.05) is 0 Å². The first-order valence-corrected chi connectivity index (χ1v) is 4.94. The van der Waals surface area contributed by atoms with Gasteiger partial charge in [0.15, 0.2) is 11.5 Å². The van der Waals surface area contributed by atoms with Crippen LogP contribution in [0.25, 0.3) is 11.2 Å². The summed E-state index contributed by atoms with van der Waals surface area (Å²) in [5, 5.41) is 2.87. The first-order valence-electron chi connectivity index (χ1n) is 4.94. The number of pyridine rings is 1. The van der Waals surface area contributed by atoms with E-state index in [0.29, 0.717) is 17.5 Å². The molecule has 2 heterocycles. The first kappa shape index (κ1) is 8.40. The minimum Gasteiger partial charge on any atom is -0.347 e. The molecule has 15 heavy (non-hydrogen) atoms. The van der Waals surface area contributed by atoms with Gasteiger partial charge in [-0.2, -0.15) is 0 Å². The van der Waals surface area contributed by atoms with E-state index < -0.39 is 0 Å². The number of rotatable bonds is 2. The minimum atomic E-state index is -0.143. The Labute approximate surface area is 85.9 Å². The third kappa shape index (κ3) is 1.56. The predicted molar refractivity (Wildman–Crippen MR) is 54.4 cm³/mol. The van der Waals surface area contributed by atoms with Crippen LogP contribution in [0.3, 0.4) is 0 Å². The number of nitrogens with one attached hydrogen (secondary N) is 2. The summed E-state index contributed by atoms with van der Waals surface area (Å²) >= 11 is 0. The second kappa shape index (κ2) is 3.05. The Hall–Kier alpha value is -1.91. The lowest BCUT2D eigenvalue weighted by Crippen LogP contribution is -2.26. The van der Waals surface area contributed by atoms with Gasteiger partial charge in [0, 0.05) is 12.2 Å². The third-order valence-electron chi connectivity index (χ3n) is 2.38. The molecule has 2 N–H and O–H groups in total. The highest BCUT2D eigenvalue weighted by molar-refractivity contribution is 5.93. The Morgan fingerprint density at radius 1 is 1.53 bits per heavy atom. The van der Waals surface area contributed by atoms with E-state index in [4.69, 9.17) is 0 Å². The van der Waals surface area contributed by atoms with Gasteiger partial charge in [0.05, 0.1) is 0 Å². The fraction of sp³-hybridized carbons (Fsp3) is 0.300. The van der Waals surface area contributed by atoms with Crippen LogP contribution >= 0.6 is 0 Å².